The van der Waals surface area contributed by atoms with Crippen LogP contribution < -0.4 is 10.6 Å². The molecule has 1 heterocycles. The van der Waals surface area contributed by atoms with Gasteiger partial charge in [0.25, 0.3) is 0 Å². The summed E-state index contributed by atoms with van der Waals surface area (Å²) in [4.78, 5) is 12.3. The zero-order valence-electron chi connectivity index (χ0n) is 11.8. The van der Waals surface area contributed by atoms with E-state index in [0.717, 1.165) is 5.56 Å². The average Bonchev–Trinajstić information content (AvgIpc) is 2.49. The third-order valence-corrected chi connectivity index (χ3v) is 3.84. The first-order chi connectivity index (χ1) is 10.1. The topological polar surface area (TPSA) is 41.1 Å². The van der Waals surface area contributed by atoms with Gasteiger partial charge < -0.3 is 10.6 Å². The van der Waals surface area contributed by atoms with Crippen LogP contribution >= 0.6 is 0 Å². The fourth-order valence-electron chi connectivity index (χ4n) is 2.63. The Morgan fingerprint density at radius 1 is 1.24 bits per heavy atom. The molecule has 0 fully saturated rings. The van der Waals surface area contributed by atoms with Crippen molar-refractivity contribution in [3.05, 3.63) is 65.0 Å². The van der Waals surface area contributed by atoms with Gasteiger partial charge in [0.05, 0.1) is 6.04 Å². The molecule has 2 N–H and O–H groups in total. The van der Waals surface area contributed by atoms with E-state index in [9.17, 15) is 9.18 Å². The van der Waals surface area contributed by atoms with Crippen LogP contribution in [0.15, 0.2) is 42.5 Å². The summed E-state index contributed by atoms with van der Waals surface area (Å²) in [5, 5.41) is 6.11. The lowest BCUT2D eigenvalue weighted by atomic mass is 9.95. The van der Waals surface area contributed by atoms with Gasteiger partial charge in [0.2, 0.25) is 5.91 Å². The number of aryl methyl sites for hydroxylation is 1. The van der Waals surface area contributed by atoms with E-state index in [1.54, 1.807) is 13.0 Å². The summed E-state index contributed by atoms with van der Waals surface area (Å²) >= 11 is 0. The molecule has 0 bridgehead atoms. The number of amides is 1. The molecule has 0 saturated heterocycles. The van der Waals surface area contributed by atoms with Gasteiger partial charge in [0.15, 0.2) is 0 Å². The second-order valence-electron chi connectivity index (χ2n) is 5.35. The lowest BCUT2D eigenvalue weighted by Gasteiger charge is -2.25. The Kier molecular flexibility index (Phi) is 3.71. The predicted octanol–water partition coefficient (Wildman–Crippen LogP) is 2.79. The summed E-state index contributed by atoms with van der Waals surface area (Å²) in [7, 11) is 0. The molecule has 0 aromatic heterocycles. The van der Waals surface area contributed by atoms with Gasteiger partial charge in [-0.2, -0.15) is 0 Å². The Bertz CT molecular complexity index is 684. The molecule has 1 atom stereocenters. The quantitative estimate of drug-likeness (QED) is 0.890. The zero-order chi connectivity index (χ0) is 14.8. The molecule has 0 unspecified atom stereocenters. The molecule has 3 nitrogen and oxygen atoms in total. The Morgan fingerprint density at radius 3 is 2.76 bits per heavy atom. The normalized spacial score (nSPS) is 17.1. The van der Waals surface area contributed by atoms with Crippen molar-refractivity contribution >= 4 is 11.6 Å². The molecule has 0 spiro atoms. The summed E-state index contributed by atoms with van der Waals surface area (Å²) in [5.74, 6) is -0.380. The van der Waals surface area contributed by atoms with Crippen LogP contribution in [0, 0.1) is 12.7 Å². The number of fused-ring (bicyclic) bond motifs is 1. The molecule has 2 aromatic rings. The maximum absolute atomic E-state index is 13.1. The summed E-state index contributed by atoms with van der Waals surface area (Å²) in [6.45, 7) is 2.47. The zero-order valence-corrected chi connectivity index (χ0v) is 11.8. The minimum Gasteiger partial charge on any atom is -0.324 e. The smallest absolute Gasteiger partial charge is 0.241 e. The summed E-state index contributed by atoms with van der Waals surface area (Å²) < 4.78 is 13.1. The number of hydrogen-bond donors (Lipinski definition) is 2. The van der Waals surface area contributed by atoms with Gasteiger partial charge >= 0.3 is 0 Å². The molecule has 21 heavy (non-hydrogen) atoms. The lowest BCUT2D eigenvalue weighted by Crippen LogP contribution is -2.44. The van der Waals surface area contributed by atoms with Crippen LogP contribution in [0.4, 0.5) is 10.1 Å². The summed E-state index contributed by atoms with van der Waals surface area (Å²) in [6.07, 6.45) is 0.669. The third-order valence-electron chi connectivity index (χ3n) is 3.84. The molecular weight excluding hydrogens is 267 g/mol. The second kappa shape index (κ2) is 5.66. The van der Waals surface area contributed by atoms with Crippen molar-refractivity contribution in [2.24, 2.45) is 0 Å². The monoisotopic (exact) mass is 284 g/mol. The number of carbonyl (C=O) groups excluding carboxylic acids is 1. The number of anilines is 1. The van der Waals surface area contributed by atoms with Crippen molar-refractivity contribution in [1.82, 2.24) is 5.32 Å². The van der Waals surface area contributed by atoms with E-state index in [4.69, 9.17) is 0 Å². The Labute approximate surface area is 123 Å². The molecule has 4 heteroatoms. The molecule has 1 amide bonds. The number of halogens is 1. The average molecular weight is 284 g/mol. The van der Waals surface area contributed by atoms with Gasteiger partial charge in [-0.3, -0.25) is 4.79 Å². The van der Waals surface area contributed by atoms with Gasteiger partial charge in [0.1, 0.15) is 5.82 Å². The SMILES string of the molecule is Cc1cc(F)ccc1NC(=O)[C@@H]1Cc2ccccc2CN1. The van der Waals surface area contributed by atoms with Gasteiger partial charge in [-0.05, 0) is 48.2 Å². The number of carbonyl (C=O) groups is 1. The van der Waals surface area contributed by atoms with Crippen LogP contribution in [0.25, 0.3) is 0 Å². The second-order valence-corrected chi connectivity index (χ2v) is 5.35. The molecule has 2 aromatic carbocycles. The van der Waals surface area contributed by atoms with Gasteiger partial charge in [0, 0.05) is 12.2 Å². The van der Waals surface area contributed by atoms with E-state index in [2.05, 4.69) is 22.8 Å². The molecule has 0 saturated carbocycles. The summed E-state index contributed by atoms with van der Waals surface area (Å²) in [5.41, 5.74) is 3.81. The van der Waals surface area contributed by atoms with Crippen LogP contribution in [0.5, 0.6) is 0 Å². The number of benzene rings is 2. The van der Waals surface area contributed by atoms with Crippen LogP contribution in [-0.2, 0) is 17.8 Å². The highest BCUT2D eigenvalue weighted by Crippen LogP contribution is 2.19. The fourth-order valence-corrected chi connectivity index (χ4v) is 2.63. The molecular formula is C17H17FN2O. The van der Waals surface area contributed by atoms with Crippen LogP contribution in [0.3, 0.4) is 0 Å². The van der Waals surface area contributed by atoms with Gasteiger partial charge in [-0.15, -0.1) is 0 Å². The van der Waals surface area contributed by atoms with Crippen LogP contribution in [0.2, 0.25) is 0 Å². The minimum absolute atomic E-state index is 0.0841. The van der Waals surface area contributed by atoms with E-state index in [0.29, 0.717) is 18.7 Å². The summed E-state index contributed by atoms with van der Waals surface area (Å²) in [6, 6.07) is 12.2. The molecule has 0 radical (unpaired) electrons. The highest BCUT2D eigenvalue weighted by molar-refractivity contribution is 5.95. The van der Waals surface area contributed by atoms with Crippen molar-refractivity contribution in [1.29, 1.82) is 0 Å². The maximum atomic E-state index is 13.1. The number of nitrogens with one attached hydrogen (secondary N) is 2. The van der Waals surface area contributed by atoms with Gasteiger partial charge in [-0.25, -0.2) is 4.39 Å². The van der Waals surface area contributed by atoms with E-state index in [1.165, 1.54) is 23.3 Å². The largest absolute Gasteiger partial charge is 0.324 e. The molecule has 3 rings (SSSR count). The van der Waals surface area contributed by atoms with Crippen molar-refractivity contribution in [2.45, 2.75) is 25.9 Å². The predicted molar refractivity (Wildman–Crippen MR) is 80.5 cm³/mol. The van der Waals surface area contributed by atoms with E-state index in [1.807, 2.05) is 12.1 Å². The van der Waals surface area contributed by atoms with Gasteiger partial charge in [-0.1, -0.05) is 24.3 Å². The highest BCUT2D eigenvalue weighted by atomic mass is 19.1. The minimum atomic E-state index is -0.296. The van der Waals surface area contributed by atoms with Crippen molar-refractivity contribution < 1.29 is 9.18 Å². The Hall–Kier alpha value is -2.20. The first-order valence-corrected chi connectivity index (χ1v) is 7.00. The number of rotatable bonds is 2. The molecule has 1 aliphatic heterocycles. The Morgan fingerprint density at radius 2 is 2.00 bits per heavy atom. The van der Waals surface area contributed by atoms with Crippen LogP contribution in [-0.4, -0.2) is 11.9 Å². The lowest BCUT2D eigenvalue weighted by molar-refractivity contribution is -0.118. The van der Waals surface area contributed by atoms with E-state index >= 15 is 0 Å². The first kappa shape index (κ1) is 13.8. The fraction of sp³-hybridized carbons (Fsp3) is 0.235. The molecule has 0 aliphatic carbocycles. The van der Waals surface area contributed by atoms with Crippen molar-refractivity contribution in [3.8, 4) is 0 Å². The molecule has 108 valence electrons. The first-order valence-electron chi connectivity index (χ1n) is 7.00. The number of hydrogen-bond acceptors (Lipinski definition) is 2. The standard InChI is InChI=1S/C17H17FN2O/c1-11-8-14(18)6-7-15(11)20-17(21)16-9-12-4-2-3-5-13(12)10-19-16/h2-8,16,19H,9-10H2,1H3,(H,20,21)/t16-/m0/s1. The Balaban J connectivity index is 1.72. The highest BCUT2D eigenvalue weighted by Gasteiger charge is 2.24. The van der Waals surface area contributed by atoms with E-state index < -0.39 is 0 Å². The maximum Gasteiger partial charge on any atom is 0.241 e. The van der Waals surface area contributed by atoms with E-state index in [-0.39, 0.29) is 17.8 Å². The van der Waals surface area contributed by atoms with Crippen LogP contribution in [0.1, 0.15) is 16.7 Å². The molecule has 1 aliphatic rings. The van der Waals surface area contributed by atoms with Crippen molar-refractivity contribution in [3.63, 3.8) is 0 Å². The van der Waals surface area contributed by atoms with Crippen molar-refractivity contribution in [2.75, 3.05) is 5.32 Å². The third kappa shape index (κ3) is 2.95.